The van der Waals surface area contributed by atoms with Crippen LogP contribution in [0, 0.1) is 0 Å². The van der Waals surface area contributed by atoms with Crippen molar-refractivity contribution in [1.82, 2.24) is 13.5 Å². The molecule has 0 bridgehead atoms. The monoisotopic (exact) mass is 496 g/mol. The third-order valence-corrected chi connectivity index (χ3v) is 8.42. The van der Waals surface area contributed by atoms with Gasteiger partial charge in [0, 0.05) is 45.0 Å². The summed E-state index contributed by atoms with van der Waals surface area (Å²) in [5.74, 6) is 0.423. The van der Waals surface area contributed by atoms with Crippen LogP contribution < -0.4 is 5.32 Å². The Kier molecular flexibility index (Phi) is 7.75. The van der Waals surface area contributed by atoms with E-state index in [0.29, 0.717) is 43.4 Å². The second kappa shape index (κ2) is 10.2. The topological polar surface area (TPSA) is 120 Å². The van der Waals surface area contributed by atoms with Crippen LogP contribution in [0.25, 0.3) is 6.08 Å². The molecule has 1 aliphatic rings. The second-order valence-corrected chi connectivity index (χ2v) is 11.9. The molecule has 1 amide bonds. The number of rotatable bonds is 8. The van der Waals surface area contributed by atoms with Crippen LogP contribution in [0.4, 0.5) is 5.69 Å². The van der Waals surface area contributed by atoms with Crippen molar-refractivity contribution in [3.05, 3.63) is 54.0 Å². The van der Waals surface area contributed by atoms with Gasteiger partial charge in [0.15, 0.2) is 0 Å². The largest absolute Gasteiger partial charge is 0.460 e. The first kappa shape index (κ1) is 25.1. The van der Waals surface area contributed by atoms with Gasteiger partial charge < -0.3 is 14.6 Å². The fourth-order valence-corrected chi connectivity index (χ4v) is 4.92. The summed E-state index contributed by atoms with van der Waals surface area (Å²) in [6.45, 7) is 2.35. The van der Waals surface area contributed by atoms with Crippen LogP contribution in [0.1, 0.15) is 11.5 Å². The lowest BCUT2D eigenvalue weighted by Gasteiger charge is -2.31. The predicted molar refractivity (Wildman–Crippen MR) is 125 cm³/mol. The Morgan fingerprint density at radius 2 is 1.70 bits per heavy atom. The van der Waals surface area contributed by atoms with Gasteiger partial charge in [0.1, 0.15) is 11.5 Å². The minimum absolute atomic E-state index is 0.0856. The number of anilines is 1. The van der Waals surface area contributed by atoms with Crippen molar-refractivity contribution in [2.45, 2.75) is 11.4 Å². The zero-order valence-electron chi connectivity index (χ0n) is 18.8. The molecule has 0 unspecified atom stereocenters. The third-order valence-electron chi connectivity index (χ3n) is 5.25. The van der Waals surface area contributed by atoms with Crippen LogP contribution in [-0.4, -0.2) is 82.8 Å². The summed E-state index contributed by atoms with van der Waals surface area (Å²) >= 11 is 0. The summed E-state index contributed by atoms with van der Waals surface area (Å²) in [5, 5.41) is 2.67. The molecule has 1 fully saturated rings. The van der Waals surface area contributed by atoms with Gasteiger partial charge in [-0.25, -0.2) is 16.8 Å². The third kappa shape index (κ3) is 6.74. The first-order valence-corrected chi connectivity index (χ1v) is 13.5. The normalized spacial score (nSPS) is 16.5. The molecule has 33 heavy (non-hydrogen) atoms. The van der Waals surface area contributed by atoms with E-state index < -0.39 is 26.0 Å². The number of benzene rings is 1. The first-order valence-electron chi connectivity index (χ1n) is 10.2. The molecule has 2 aromatic rings. The van der Waals surface area contributed by atoms with Crippen LogP contribution in [0.3, 0.4) is 0 Å². The summed E-state index contributed by atoms with van der Waals surface area (Å²) in [6.07, 6.45) is 3.85. The molecular weight excluding hydrogens is 468 g/mol. The van der Waals surface area contributed by atoms with Crippen molar-refractivity contribution in [3.63, 3.8) is 0 Å². The molecule has 0 radical (unpaired) electrons. The molecule has 10 nitrogen and oxygen atoms in total. The van der Waals surface area contributed by atoms with Gasteiger partial charge in [0.05, 0.1) is 17.7 Å². The first-order chi connectivity index (χ1) is 15.4. The van der Waals surface area contributed by atoms with Gasteiger partial charge >= 0.3 is 0 Å². The molecule has 1 aromatic carbocycles. The Morgan fingerprint density at radius 1 is 1.06 bits per heavy atom. The number of likely N-dealkylation sites (N-methyl/N-ethyl adjacent to an activating group) is 1. The van der Waals surface area contributed by atoms with Gasteiger partial charge in [-0.1, -0.05) is 0 Å². The standard InChI is InChI=1S/C21H28N4O6S2/c1-23-12-14-25(15-13-23)33(29,30)20-9-4-17(5-10-20)22-21(26)11-8-18-6-7-19(31-18)16-24(2)32(3,27)28/h4-11H,12-16H2,1-3H3,(H,22,26)/b11-8+. The Hall–Kier alpha value is -2.51. The average molecular weight is 497 g/mol. The maximum Gasteiger partial charge on any atom is 0.248 e. The van der Waals surface area contributed by atoms with E-state index in [0.717, 1.165) is 10.6 Å². The summed E-state index contributed by atoms with van der Waals surface area (Å²) in [6, 6.07) is 9.31. The highest BCUT2D eigenvalue weighted by Crippen LogP contribution is 2.20. The van der Waals surface area contributed by atoms with Crippen molar-refractivity contribution in [2.75, 3.05) is 51.8 Å². The van der Waals surface area contributed by atoms with Crippen molar-refractivity contribution >= 4 is 37.7 Å². The van der Waals surface area contributed by atoms with Crippen molar-refractivity contribution in [3.8, 4) is 0 Å². The van der Waals surface area contributed by atoms with E-state index in [9.17, 15) is 21.6 Å². The lowest BCUT2D eigenvalue weighted by Crippen LogP contribution is -2.46. The number of sulfonamides is 2. The fraction of sp³-hybridized carbons (Fsp3) is 0.381. The molecule has 12 heteroatoms. The minimum Gasteiger partial charge on any atom is -0.460 e. The van der Waals surface area contributed by atoms with Gasteiger partial charge in [-0.05, 0) is 49.5 Å². The molecule has 0 saturated carbocycles. The van der Waals surface area contributed by atoms with Gasteiger partial charge in [0.25, 0.3) is 0 Å². The maximum atomic E-state index is 12.8. The molecule has 0 atom stereocenters. The molecule has 2 heterocycles. The molecular formula is C21H28N4O6S2. The number of carbonyl (C=O) groups is 1. The summed E-state index contributed by atoms with van der Waals surface area (Å²) in [5.41, 5.74) is 0.455. The van der Waals surface area contributed by atoms with Crippen LogP contribution in [0.2, 0.25) is 0 Å². The highest BCUT2D eigenvalue weighted by atomic mass is 32.2. The van der Waals surface area contributed by atoms with E-state index in [4.69, 9.17) is 4.42 Å². The van der Waals surface area contributed by atoms with Gasteiger partial charge in [-0.15, -0.1) is 0 Å². The van der Waals surface area contributed by atoms with Gasteiger partial charge in [-0.3, -0.25) is 4.79 Å². The zero-order valence-corrected chi connectivity index (χ0v) is 20.4. The zero-order chi connectivity index (χ0) is 24.2. The van der Waals surface area contributed by atoms with Crippen molar-refractivity contribution < 1.29 is 26.0 Å². The van der Waals surface area contributed by atoms with Gasteiger partial charge in [-0.2, -0.15) is 8.61 Å². The Labute approximate surface area is 194 Å². The predicted octanol–water partition coefficient (Wildman–Crippen LogP) is 1.26. The molecule has 180 valence electrons. The van der Waals surface area contributed by atoms with Crippen LogP contribution in [-0.2, 0) is 31.4 Å². The molecule has 1 N–H and O–H groups in total. The summed E-state index contributed by atoms with van der Waals surface area (Å²) in [4.78, 5) is 14.5. The lowest BCUT2D eigenvalue weighted by atomic mass is 10.3. The fourth-order valence-electron chi connectivity index (χ4n) is 3.14. The number of nitrogens with one attached hydrogen (secondary N) is 1. The molecule has 1 aromatic heterocycles. The Bertz CT molecular complexity index is 1210. The van der Waals surface area contributed by atoms with E-state index >= 15 is 0 Å². The van der Waals surface area contributed by atoms with E-state index in [2.05, 4.69) is 10.2 Å². The Morgan fingerprint density at radius 3 is 2.30 bits per heavy atom. The lowest BCUT2D eigenvalue weighted by molar-refractivity contribution is -0.111. The van der Waals surface area contributed by atoms with E-state index in [1.807, 2.05) is 7.05 Å². The maximum absolute atomic E-state index is 12.8. The number of hydrogen-bond acceptors (Lipinski definition) is 7. The van der Waals surface area contributed by atoms with E-state index in [-0.39, 0.29) is 11.4 Å². The number of amides is 1. The molecule has 0 spiro atoms. The molecule has 1 saturated heterocycles. The highest BCUT2D eigenvalue weighted by molar-refractivity contribution is 7.89. The highest BCUT2D eigenvalue weighted by Gasteiger charge is 2.27. The second-order valence-electron chi connectivity index (χ2n) is 7.88. The minimum atomic E-state index is -3.57. The number of carbonyl (C=O) groups excluding carboxylic acids is 1. The van der Waals surface area contributed by atoms with E-state index in [1.165, 1.54) is 35.6 Å². The average Bonchev–Trinajstić information content (AvgIpc) is 3.20. The quantitative estimate of drug-likeness (QED) is 0.546. The molecule has 3 rings (SSSR count). The summed E-state index contributed by atoms with van der Waals surface area (Å²) < 4.78 is 56.6. The number of nitrogens with zero attached hydrogens (tertiary/aromatic N) is 3. The van der Waals surface area contributed by atoms with Gasteiger partial charge in [0.2, 0.25) is 26.0 Å². The number of hydrogen-bond donors (Lipinski definition) is 1. The van der Waals surface area contributed by atoms with Crippen molar-refractivity contribution in [1.29, 1.82) is 0 Å². The van der Waals surface area contributed by atoms with Crippen molar-refractivity contribution in [2.24, 2.45) is 0 Å². The smallest absolute Gasteiger partial charge is 0.248 e. The van der Waals surface area contributed by atoms with Crippen LogP contribution >= 0.6 is 0 Å². The molecule has 1 aliphatic heterocycles. The van der Waals surface area contributed by atoms with Crippen LogP contribution in [0.15, 0.2) is 51.8 Å². The molecule has 0 aliphatic carbocycles. The SMILES string of the molecule is CN1CCN(S(=O)(=O)c2ccc(NC(=O)/C=C/c3ccc(CN(C)S(C)(=O)=O)o3)cc2)CC1. The number of piperazine rings is 1. The summed E-state index contributed by atoms with van der Waals surface area (Å²) in [7, 11) is -3.49. The Balaban J connectivity index is 1.57. The van der Waals surface area contributed by atoms with E-state index in [1.54, 1.807) is 24.3 Å². The number of furan rings is 1. The van der Waals surface area contributed by atoms with Crippen LogP contribution in [0.5, 0.6) is 0 Å².